The molecular weight excluding hydrogens is 272 g/mol. The van der Waals surface area contributed by atoms with Crippen molar-refractivity contribution in [3.05, 3.63) is 33.9 Å². The van der Waals surface area contributed by atoms with Gasteiger partial charge in [-0.25, -0.2) is 0 Å². The normalized spacial score (nSPS) is 26.6. The topological polar surface area (TPSA) is 110 Å². The molecule has 21 heavy (non-hydrogen) atoms. The van der Waals surface area contributed by atoms with E-state index in [0.717, 1.165) is 18.8 Å². The van der Waals surface area contributed by atoms with Crippen molar-refractivity contribution in [1.29, 1.82) is 0 Å². The van der Waals surface area contributed by atoms with Crippen LogP contribution in [0.2, 0.25) is 0 Å². The lowest BCUT2D eigenvalue weighted by molar-refractivity contribution is -0.384. The largest absolute Gasteiger partial charge is 0.349 e. The van der Waals surface area contributed by atoms with Gasteiger partial charge < -0.3 is 10.7 Å². The summed E-state index contributed by atoms with van der Waals surface area (Å²) in [6.07, 6.45) is 4.61. The van der Waals surface area contributed by atoms with Gasteiger partial charge in [0, 0.05) is 18.2 Å². The van der Waals surface area contributed by atoms with Gasteiger partial charge in [0.15, 0.2) is 0 Å². The van der Waals surface area contributed by atoms with Crippen LogP contribution in [0.3, 0.4) is 0 Å². The van der Waals surface area contributed by atoms with Gasteiger partial charge in [-0.3, -0.25) is 20.8 Å². The van der Waals surface area contributed by atoms with Crippen molar-refractivity contribution < 1.29 is 9.72 Å². The van der Waals surface area contributed by atoms with Crippen LogP contribution in [-0.2, 0) is 0 Å². The Morgan fingerprint density at radius 2 is 2.14 bits per heavy atom. The van der Waals surface area contributed by atoms with Gasteiger partial charge in [0.25, 0.3) is 11.6 Å². The molecule has 2 saturated carbocycles. The Labute approximate surface area is 122 Å². The van der Waals surface area contributed by atoms with Gasteiger partial charge >= 0.3 is 0 Å². The number of rotatable bonds is 4. The molecular formula is C14H18N4O3. The van der Waals surface area contributed by atoms with Crippen LogP contribution in [0.15, 0.2) is 18.2 Å². The lowest BCUT2D eigenvalue weighted by atomic mass is 9.95. The van der Waals surface area contributed by atoms with Crippen molar-refractivity contribution in [2.75, 3.05) is 5.43 Å². The van der Waals surface area contributed by atoms with Crippen LogP contribution >= 0.6 is 0 Å². The maximum atomic E-state index is 12.4. The SMILES string of the molecule is NNc1ccc([N+](=O)[O-])cc1C(=O)NC1CC2CCC1C2. The Balaban J connectivity index is 1.79. The molecule has 0 spiro atoms. The molecule has 7 nitrogen and oxygen atoms in total. The number of nitrogens with zero attached hydrogens (tertiary/aromatic N) is 1. The minimum Gasteiger partial charge on any atom is -0.349 e. The average Bonchev–Trinajstić information content (AvgIpc) is 3.08. The number of hydrazine groups is 1. The second kappa shape index (κ2) is 5.33. The molecule has 1 aromatic rings. The van der Waals surface area contributed by atoms with E-state index in [4.69, 9.17) is 5.84 Å². The molecule has 0 aromatic heterocycles. The van der Waals surface area contributed by atoms with E-state index in [1.807, 2.05) is 0 Å². The summed E-state index contributed by atoms with van der Waals surface area (Å²) in [5, 5.41) is 13.9. The predicted molar refractivity (Wildman–Crippen MR) is 77.6 cm³/mol. The third kappa shape index (κ3) is 2.56. The third-order valence-electron chi connectivity index (χ3n) is 4.67. The second-order valence-corrected chi connectivity index (χ2v) is 5.89. The Kier molecular flexibility index (Phi) is 3.50. The number of anilines is 1. The van der Waals surface area contributed by atoms with E-state index in [0.29, 0.717) is 11.6 Å². The third-order valence-corrected chi connectivity index (χ3v) is 4.67. The Morgan fingerprint density at radius 1 is 1.33 bits per heavy atom. The zero-order valence-corrected chi connectivity index (χ0v) is 11.5. The molecule has 0 heterocycles. The number of non-ortho nitro benzene ring substituents is 1. The van der Waals surface area contributed by atoms with Crippen molar-refractivity contribution in [2.45, 2.75) is 31.7 Å². The van der Waals surface area contributed by atoms with Gasteiger partial charge in [-0.2, -0.15) is 0 Å². The van der Waals surface area contributed by atoms with Gasteiger partial charge in [-0.05, 0) is 37.2 Å². The molecule has 7 heteroatoms. The molecule has 1 amide bonds. The van der Waals surface area contributed by atoms with Crippen molar-refractivity contribution in [1.82, 2.24) is 5.32 Å². The van der Waals surface area contributed by atoms with E-state index in [1.165, 1.54) is 31.0 Å². The lowest BCUT2D eigenvalue weighted by Gasteiger charge is -2.23. The molecule has 3 rings (SSSR count). The summed E-state index contributed by atoms with van der Waals surface area (Å²) in [5.74, 6) is 6.35. The summed E-state index contributed by atoms with van der Waals surface area (Å²) in [4.78, 5) is 22.7. The van der Waals surface area contributed by atoms with Crippen LogP contribution in [0.1, 0.15) is 36.0 Å². The highest BCUT2D eigenvalue weighted by molar-refractivity contribution is 6.00. The Hall–Kier alpha value is -2.15. The summed E-state index contributed by atoms with van der Waals surface area (Å²) >= 11 is 0. The van der Waals surface area contributed by atoms with E-state index in [2.05, 4.69) is 10.7 Å². The first-order valence-electron chi connectivity index (χ1n) is 7.14. The summed E-state index contributed by atoms with van der Waals surface area (Å²) in [6, 6.07) is 4.22. The molecule has 3 unspecified atom stereocenters. The quantitative estimate of drug-likeness (QED) is 0.445. The maximum Gasteiger partial charge on any atom is 0.270 e. The van der Waals surface area contributed by atoms with Gasteiger partial charge in [-0.1, -0.05) is 6.42 Å². The van der Waals surface area contributed by atoms with Crippen molar-refractivity contribution >= 4 is 17.3 Å². The molecule has 4 N–H and O–H groups in total. The number of hydrogen-bond donors (Lipinski definition) is 3. The first kappa shape index (κ1) is 13.8. The van der Waals surface area contributed by atoms with Gasteiger partial charge in [0.05, 0.1) is 16.2 Å². The van der Waals surface area contributed by atoms with Gasteiger partial charge in [-0.15, -0.1) is 0 Å². The monoisotopic (exact) mass is 290 g/mol. The van der Waals surface area contributed by atoms with E-state index >= 15 is 0 Å². The number of nitrogens with two attached hydrogens (primary N) is 1. The summed E-state index contributed by atoms with van der Waals surface area (Å²) in [5.41, 5.74) is 2.91. The standard InChI is InChI=1S/C14H18N4O3/c15-17-12-4-3-10(18(20)21)7-11(12)14(19)16-13-6-8-1-2-9(13)5-8/h3-4,7-9,13,17H,1-2,5-6,15H2,(H,16,19). The van der Waals surface area contributed by atoms with Gasteiger partial charge in [0.1, 0.15) is 0 Å². The minimum atomic E-state index is -0.519. The second-order valence-electron chi connectivity index (χ2n) is 5.89. The Bertz CT molecular complexity index is 590. The zero-order valence-electron chi connectivity index (χ0n) is 11.5. The highest BCUT2D eigenvalue weighted by Gasteiger charge is 2.40. The minimum absolute atomic E-state index is 0.118. The number of nitrogen functional groups attached to an aromatic ring is 1. The van der Waals surface area contributed by atoms with E-state index in [1.54, 1.807) is 0 Å². The number of fused-ring (bicyclic) bond motifs is 2. The number of nitrogens with one attached hydrogen (secondary N) is 2. The number of amides is 1. The molecule has 3 atom stereocenters. The maximum absolute atomic E-state index is 12.4. The van der Waals surface area contributed by atoms with E-state index in [-0.39, 0.29) is 23.2 Å². The fourth-order valence-corrected chi connectivity index (χ4v) is 3.63. The molecule has 0 radical (unpaired) electrons. The molecule has 1 aromatic carbocycles. The van der Waals surface area contributed by atoms with Crippen LogP contribution in [0.5, 0.6) is 0 Å². The number of carbonyl (C=O) groups is 1. The van der Waals surface area contributed by atoms with Crippen LogP contribution < -0.4 is 16.6 Å². The van der Waals surface area contributed by atoms with Crippen LogP contribution in [0.25, 0.3) is 0 Å². The predicted octanol–water partition coefficient (Wildman–Crippen LogP) is 1.80. The highest BCUT2D eigenvalue weighted by atomic mass is 16.6. The van der Waals surface area contributed by atoms with Crippen molar-refractivity contribution in [3.8, 4) is 0 Å². The van der Waals surface area contributed by atoms with Crippen LogP contribution in [-0.4, -0.2) is 16.9 Å². The fraction of sp³-hybridized carbons (Fsp3) is 0.500. The van der Waals surface area contributed by atoms with Crippen LogP contribution in [0.4, 0.5) is 11.4 Å². The lowest BCUT2D eigenvalue weighted by Crippen LogP contribution is -2.38. The summed E-state index contributed by atoms with van der Waals surface area (Å²) in [6.45, 7) is 0. The summed E-state index contributed by atoms with van der Waals surface area (Å²) in [7, 11) is 0. The summed E-state index contributed by atoms with van der Waals surface area (Å²) < 4.78 is 0. The smallest absolute Gasteiger partial charge is 0.270 e. The fourth-order valence-electron chi connectivity index (χ4n) is 3.63. The van der Waals surface area contributed by atoms with E-state index in [9.17, 15) is 14.9 Å². The molecule has 2 aliphatic rings. The highest BCUT2D eigenvalue weighted by Crippen LogP contribution is 2.44. The van der Waals surface area contributed by atoms with Crippen LogP contribution in [0, 0.1) is 22.0 Å². The molecule has 0 saturated heterocycles. The average molecular weight is 290 g/mol. The first-order valence-corrected chi connectivity index (χ1v) is 7.14. The molecule has 2 fully saturated rings. The number of carbonyl (C=O) groups excluding carboxylic acids is 1. The number of nitro groups is 1. The number of nitro benzene ring substituents is 1. The van der Waals surface area contributed by atoms with Gasteiger partial charge in [0.2, 0.25) is 0 Å². The van der Waals surface area contributed by atoms with E-state index < -0.39 is 4.92 Å². The van der Waals surface area contributed by atoms with Crippen molar-refractivity contribution in [2.24, 2.45) is 17.7 Å². The molecule has 2 aliphatic carbocycles. The molecule has 112 valence electrons. The number of hydrogen-bond acceptors (Lipinski definition) is 5. The number of benzene rings is 1. The Morgan fingerprint density at radius 3 is 2.71 bits per heavy atom. The first-order chi connectivity index (χ1) is 10.1. The van der Waals surface area contributed by atoms with Crippen molar-refractivity contribution in [3.63, 3.8) is 0 Å². The molecule has 2 bridgehead atoms. The zero-order chi connectivity index (χ0) is 15.0. The molecule has 0 aliphatic heterocycles.